The van der Waals surface area contributed by atoms with E-state index in [0.717, 1.165) is 16.8 Å². The fraction of sp³-hybridized carbons (Fsp3) is 0.162. The van der Waals surface area contributed by atoms with Crippen LogP contribution in [0.3, 0.4) is 0 Å². The van der Waals surface area contributed by atoms with Crippen molar-refractivity contribution >= 4 is 27.6 Å². The smallest absolute Gasteiger partial charge is 0.193 e. The Morgan fingerprint density at radius 1 is 0.564 bits per heavy atom. The molecule has 188 valence electrons. The number of carbonyl (C=O) groups is 1. The van der Waals surface area contributed by atoms with E-state index in [0.29, 0.717) is 0 Å². The van der Waals surface area contributed by atoms with Crippen molar-refractivity contribution in [2.75, 3.05) is 0 Å². The topological polar surface area (TPSA) is 22.0 Å². The van der Waals surface area contributed by atoms with Crippen LogP contribution in [0.25, 0.3) is 38.6 Å². The average molecular weight is 504 g/mol. The van der Waals surface area contributed by atoms with Gasteiger partial charge in [-0.2, -0.15) is 0 Å². The van der Waals surface area contributed by atoms with Gasteiger partial charge in [0.15, 0.2) is 5.78 Å². The molecule has 0 saturated heterocycles. The van der Waals surface area contributed by atoms with Crippen LogP contribution in [0.2, 0.25) is 0 Å². The van der Waals surface area contributed by atoms with Gasteiger partial charge in [-0.05, 0) is 63.7 Å². The monoisotopic (exact) mass is 503 g/mol. The lowest BCUT2D eigenvalue weighted by molar-refractivity contribution is 0.103. The van der Waals surface area contributed by atoms with Gasteiger partial charge in [0.1, 0.15) is 0 Å². The van der Waals surface area contributed by atoms with Crippen molar-refractivity contribution in [1.82, 2.24) is 4.57 Å². The molecule has 0 N–H and O–H groups in total. The number of carbonyl (C=O) groups excluding carboxylic acids is 1. The number of hydrogen-bond donors (Lipinski definition) is 0. The number of ketones is 1. The minimum absolute atomic E-state index is 0.0736. The molecule has 0 radical (unpaired) electrons. The number of rotatable bonds is 2. The number of benzene rings is 5. The number of nitrogens with zero attached hydrogens (tertiary/aromatic N) is 1. The summed E-state index contributed by atoms with van der Waals surface area (Å²) in [6.45, 7) is 9.08. The first-order valence-electron chi connectivity index (χ1n) is 13.7. The highest BCUT2D eigenvalue weighted by Gasteiger charge is 2.37. The normalized spacial score (nSPS) is 15.7. The summed E-state index contributed by atoms with van der Waals surface area (Å²) < 4.78 is 2.39. The number of hydrogen-bond acceptors (Lipinski definition) is 1. The maximum Gasteiger partial charge on any atom is 0.193 e. The molecule has 0 unspecified atom stereocenters. The quantitative estimate of drug-likeness (QED) is 0.216. The van der Waals surface area contributed by atoms with Gasteiger partial charge in [-0.3, -0.25) is 4.79 Å². The summed E-state index contributed by atoms with van der Waals surface area (Å²) in [5.41, 5.74) is 12.3. The second kappa shape index (κ2) is 7.36. The molecule has 1 aromatic heterocycles. The first kappa shape index (κ1) is 22.5. The zero-order valence-electron chi connectivity index (χ0n) is 22.7. The lowest BCUT2D eigenvalue weighted by Gasteiger charge is -2.35. The molecule has 2 aliphatic rings. The Hall–Kier alpha value is -4.43. The highest BCUT2D eigenvalue weighted by Crippen LogP contribution is 2.50. The van der Waals surface area contributed by atoms with E-state index < -0.39 is 0 Å². The molecule has 5 aromatic carbocycles. The van der Waals surface area contributed by atoms with Gasteiger partial charge in [0.2, 0.25) is 0 Å². The first-order chi connectivity index (χ1) is 18.8. The fourth-order valence-corrected chi connectivity index (χ4v) is 7.30. The third kappa shape index (κ3) is 2.79. The Kier molecular flexibility index (Phi) is 4.25. The average Bonchev–Trinajstić information content (AvgIpc) is 3.41. The summed E-state index contributed by atoms with van der Waals surface area (Å²) in [7, 11) is 0. The van der Waals surface area contributed by atoms with Crippen molar-refractivity contribution < 1.29 is 4.79 Å². The Balaban J connectivity index is 1.29. The second-order valence-electron chi connectivity index (χ2n) is 12.2. The Labute approximate surface area is 228 Å². The van der Waals surface area contributed by atoms with Crippen molar-refractivity contribution in [3.05, 3.63) is 137 Å². The van der Waals surface area contributed by atoms with E-state index in [-0.39, 0.29) is 16.6 Å². The van der Waals surface area contributed by atoms with Crippen molar-refractivity contribution in [2.24, 2.45) is 0 Å². The third-order valence-corrected chi connectivity index (χ3v) is 9.39. The molecule has 0 fully saturated rings. The van der Waals surface area contributed by atoms with Crippen LogP contribution in [0, 0.1) is 0 Å². The minimum atomic E-state index is -0.239. The van der Waals surface area contributed by atoms with Crippen molar-refractivity contribution in [2.45, 2.75) is 38.5 Å². The van der Waals surface area contributed by atoms with Crippen LogP contribution >= 0.6 is 0 Å². The summed E-state index contributed by atoms with van der Waals surface area (Å²) in [6, 6.07) is 36.4. The van der Waals surface area contributed by atoms with Crippen LogP contribution in [-0.2, 0) is 10.8 Å². The van der Waals surface area contributed by atoms with Crippen LogP contribution < -0.4 is 0 Å². The molecule has 2 heterocycles. The van der Waals surface area contributed by atoms with E-state index in [4.69, 9.17) is 0 Å². The molecule has 0 spiro atoms. The largest absolute Gasteiger partial charge is 0.309 e. The van der Waals surface area contributed by atoms with Gasteiger partial charge in [-0.15, -0.1) is 0 Å². The van der Waals surface area contributed by atoms with Crippen LogP contribution in [0.15, 0.2) is 103 Å². The summed E-state index contributed by atoms with van der Waals surface area (Å²) in [4.78, 5) is 14.0. The van der Waals surface area contributed by atoms with Gasteiger partial charge < -0.3 is 4.57 Å². The summed E-state index contributed by atoms with van der Waals surface area (Å²) in [6.07, 6.45) is 0. The van der Waals surface area contributed by atoms with E-state index in [1.807, 2.05) is 12.1 Å². The molecule has 8 rings (SSSR count). The molecular weight excluding hydrogens is 474 g/mol. The molecule has 0 atom stereocenters. The predicted molar refractivity (Wildman–Crippen MR) is 160 cm³/mol. The highest BCUT2D eigenvalue weighted by molar-refractivity contribution is 6.13. The second-order valence-corrected chi connectivity index (χ2v) is 12.2. The van der Waals surface area contributed by atoms with Gasteiger partial charge in [-0.25, -0.2) is 0 Å². The van der Waals surface area contributed by atoms with Gasteiger partial charge in [0.05, 0.1) is 16.7 Å². The van der Waals surface area contributed by atoms with E-state index in [1.54, 1.807) is 0 Å². The number of para-hydroxylation sites is 2. The number of fused-ring (bicyclic) bond motifs is 8. The summed E-state index contributed by atoms with van der Waals surface area (Å²) in [5.74, 6) is 0.0736. The molecule has 0 bridgehead atoms. The molecule has 0 saturated carbocycles. The van der Waals surface area contributed by atoms with E-state index in [2.05, 4.69) is 123 Å². The molecule has 39 heavy (non-hydrogen) atoms. The van der Waals surface area contributed by atoms with Crippen LogP contribution in [0.1, 0.15) is 65.9 Å². The van der Waals surface area contributed by atoms with Gasteiger partial charge in [0.25, 0.3) is 0 Å². The van der Waals surface area contributed by atoms with Crippen molar-refractivity contribution in [3.63, 3.8) is 0 Å². The zero-order chi connectivity index (χ0) is 26.7. The Bertz CT molecular complexity index is 2030. The van der Waals surface area contributed by atoms with E-state index >= 15 is 0 Å². The standard InChI is InChI=1S/C37H29NO/c1-36(2)28-13-7-5-10-24(28)25-18-16-22(20-30(25)36)35(39)23-17-19-33-31(21-23)37(3,4)29-14-9-12-27-26-11-6-8-15-32(26)38(33)34(27)29/h5-21H,1-4H3. The fourth-order valence-electron chi connectivity index (χ4n) is 7.30. The Morgan fingerprint density at radius 2 is 1.18 bits per heavy atom. The predicted octanol–water partition coefficient (Wildman–Crippen LogP) is 8.96. The van der Waals surface area contributed by atoms with Crippen LogP contribution in [-0.4, -0.2) is 10.4 Å². The molecule has 6 aromatic rings. The SMILES string of the molecule is CC1(C)c2ccccc2-c2ccc(C(=O)c3ccc4c(c3)C(C)(C)c3cccc5c6ccccc6n-4c35)cc21. The number of aromatic nitrogens is 1. The van der Waals surface area contributed by atoms with E-state index in [9.17, 15) is 4.79 Å². The molecule has 2 heteroatoms. The first-order valence-corrected chi connectivity index (χ1v) is 13.7. The lowest BCUT2D eigenvalue weighted by Crippen LogP contribution is -2.26. The van der Waals surface area contributed by atoms with E-state index in [1.165, 1.54) is 55.2 Å². The van der Waals surface area contributed by atoms with Crippen molar-refractivity contribution in [3.8, 4) is 16.8 Å². The Morgan fingerprint density at radius 3 is 2.03 bits per heavy atom. The van der Waals surface area contributed by atoms with Crippen LogP contribution in [0.5, 0.6) is 0 Å². The van der Waals surface area contributed by atoms with Crippen molar-refractivity contribution in [1.29, 1.82) is 0 Å². The zero-order valence-corrected chi connectivity index (χ0v) is 22.7. The summed E-state index contributed by atoms with van der Waals surface area (Å²) in [5, 5.41) is 2.55. The lowest BCUT2D eigenvalue weighted by atomic mass is 9.74. The molecule has 1 aliphatic carbocycles. The molecule has 0 amide bonds. The summed E-state index contributed by atoms with van der Waals surface area (Å²) >= 11 is 0. The molecular formula is C37H29NO. The van der Waals surface area contributed by atoms with Crippen LogP contribution in [0.4, 0.5) is 0 Å². The maximum atomic E-state index is 14.0. The van der Waals surface area contributed by atoms with Gasteiger partial charge >= 0.3 is 0 Å². The highest BCUT2D eigenvalue weighted by atomic mass is 16.1. The third-order valence-electron chi connectivity index (χ3n) is 9.39. The van der Waals surface area contributed by atoms with Gasteiger partial charge in [0, 0.05) is 32.7 Å². The minimum Gasteiger partial charge on any atom is -0.309 e. The maximum absolute atomic E-state index is 14.0. The molecule has 1 aliphatic heterocycles. The molecule has 2 nitrogen and oxygen atoms in total. The van der Waals surface area contributed by atoms with Gasteiger partial charge in [-0.1, -0.05) is 100 Å².